The molecule has 1 heterocycles. The molecular weight excluding hydrogens is 282 g/mol. The number of nitrogens with zero attached hydrogens (tertiary/aromatic N) is 1. The van der Waals surface area contributed by atoms with E-state index in [4.69, 9.17) is 11.6 Å². The summed E-state index contributed by atoms with van der Waals surface area (Å²) < 4.78 is 0. The molecule has 0 fully saturated rings. The summed E-state index contributed by atoms with van der Waals surface area (Å²) in [5, 5.41) is 11.3. The first-order valence-corrected chi connectivity index (χ1v) is 7.72. The third kappa shape index (κ3) is 2.78. The van der Waals surface area contributed by atoms with Crippen LogP contribution in [0.1, 0.15) is 29.7 Å². The summed E-state index contributed by atoms with van der Waals surface area (Å²) in [6.07, 6.45) is 0.539. The molecule has 0 bridgehead atoms. The number of hydrogen-bond acceptors (Lipinski definition) is 2. The molecule has 0 spiro atoms. The second-order valence-electron chi connectivity index (χ2n) is 5.86. The van der Waals surface area contributed by atoms with Gasteiger partial charge in [-0.1, -0.05) is 41.9 Å². The number of fused-ring (bicyclic) bond motifs is 1. The van der Waals surface area contributed by atoms with Gasteiger partial charge in [0.1, 0.15) is 0 Å². The van der Waals surface area contributed by atoms with Gasteiger partial charge in [0, 0.05) is 23.3 Å². The van der Waals surface area contributed by atoms with Gasteiger partial charge >= 0.3 is 0 Å². The van der Waals surface area contributed by atoms with Gasteiger partial charge in [0.25, 0.3) is 0 Å². The highest BCUT2D eigenvalue weighted by Gasteiger charge is 2.27. The Bertz CT molecular complexity index is 655. The van der Waals surface area contributed by atoms with Crippen LogP contribution in [0.5, 0.6) is 0 Å². The molecule has 0 aliphatic carbocycles. The number of anilines is 1. The van der Waals surface area contributed by atoms with Gasteiger partial charge in [0.2, 0.25) is 0 Å². The molecule has 2 aromatic rings. The highest BCUT2D eigenvalue weighted by atomic mass is 35.5. The van der Waals surface area contributed by atoms with Crippen LogP contribution < -0.4 is 4.90 Å². The van der Waals surface area contributed by atoms with Crippen molar-refractivity contribution < 1.29 is 5.11 Å². The number of aliphatic hydroxyl groups is 1. The summed E-state index contributed by atoms with van der Waals surface area (Å²) in [5.41, 5.74) is 4.54. The second kappa shape index (κ2) is 5.70. The monoisotopic (exact) mass is 301 g/mol. The number of β-amino-alcohol motifs (C(OH)–C–C–N with tert-alkyl or cyclic N) is 1. The zero-order valence-electron chi connectivity index (χ0n) is 12.4. The summed E-state index contributed by atoms with van der Waals surface area (Å²) in [5.74, 6) is 0. The maximum atomic E-state index is 10.6. The Hall–Kier alpha value is -1.51. The maximum Gasteiger partial charge on any atom is 0.0965 e. The minimum atomic E-state index is -0.505. The molecule has 3 rings (SSSR count). The molecule has 110 valence electrons. The van der Waals surface area contributed by atoms with Gasteiger partial charge in [-0.25, -0.2) is 0 Å². The summed E-state index contributed by atoms with van der Waals surface area (Å²) in [7, 11) is 0. The Morgan fingerprint density at radius 1 is 1.29 bits per heavy atom. The predicted molar refractivity (Wildman–Crippen MR) is 88.1 cm³/mol. The molecule has 3 heteroatoms. The van der Waals surface area contributed by atoms with E-state index < -0.39 is 6.10 Å². The molecule has 21 heavy (non-hydrogen) atoms. The van der Waals surface area contributed by atoms with E-state index in [-0.39, 0.29) is 0 Å². The van der Waals surface area contributed by atoms with Crippen LogP contribution in [0.4, 0.5) is 5.69 Å². The number of rotatable bonds is 3. The molecule has 1 aliphatic rings. The predicted octanol–water partition coefficient (Wildman–Crippen LogP) is 4.13. The van der Waals surface area contributed by atoms with Crippen molar-refractivity contribution in [1.29, 1.82) is 0 Å². The fourth-order valence-electron chi connectivity index (χ4n) is 3.07. The Morgan fingerprint density at radius 2 is 2.05 bits per heavy atom. The van der Waals surface area contributed by atoms with E-state index >= 15 is 0 Å². The fraction of sp³-hybridized carbons (Fsp3) is 0.333. The van der Waals surface area contributed by atoms with Crippen LogP contribution in [0.25, 0.3) is 0 Å². The van der Waals surface area contributed by atoms with Gasteiger partial charge in [-0.3, -0.25) is 0 Å². The van der Waals surface area contributed by atoms with E-state index in [2.05, 4.69) is 36.1 Å². The van der Waals surface area contributed by atoms with E-state index in [1.54, 1.807) is 0 Å². The molecule has 1 aliphatic heterocycles. The van der Waals surface area contributed by atoms with E-state index in [9.17, 15) is 5.11 Å². The lowest BCUT2D eigenvalue weighted by molar-refractivity contribution is 0.181. The molecular formula is C18H20ClNO. The molecule has 0 radical (unpaired) electrons. The van der Waals surface area contributed by atoms with Crippen molar-refractivity contribution in [2.75, 3.05) is 11.4 Å². The van der Waals surface area contributed by atoms with Crippen LogP contribution in [-0.4, -0.2) is 17.7 Å². The van der Waals surface area contributed by atoms with Gasteiger partial charge in [0.05, 0.1) is 6.10 Å². The molecule has 1 N–H and O–H groups in total. The highest BCUT2D eigenvalue weighted by molar-refractivity contribution is 6.31. The third-order valence-corrected chi connectivity index (χ3v) is 4.71. The number of aliphatic hydroxyl groups excluding tert-OH is 1. The molecule has 0 saturated carbocycles. The van der Waals surface area contributed by atoms with Crippen LogP contribution in [0.2, 0.25) is 5.02 Å². The van der Waals surface area contributed by atoms with Gasteiger partial charge in [-0.15, -0.1) is 0 Å². The van der Waals surface area contributed by atoms with E-state index in [1.807, 2.05) is 25.1 Å². The van der Waals surface area contributed by atoms with E-state index in [1.165, 1.54) is 11.3 Å². The van der Waals surface area contributed by atoms with Crippen LogP contribution >= 0.6 is 11.6 Å². The number of benzene rings is 2. The lowest BCUT2D eigenvalue weighted by atomic mass is 10.1. The van der Waals surface area contributed by atoms with Crippen molar-refractivity contribution in [3.8, 4) is 0 Å². The van der Waals surface area contributed by atoms with E-state index in [0.717, 1.165) is 22.6 Å². The summed E-state index contributed by atoms with van der Waals surface area (Å²) in [6, 6.07) is 14.6. The lowest BCUT2D eigenvalue weighted by Crippen LogP contribution is -2.33. The van der Waals surface area contributed by atoms with Gasteiger partial charge in [0.15, 0.2) is 0 Å². The highest BCUT2D eigenvalue weighted by Crippen LogP contribution is 2.33. The molecule has 0 aromatic heterocycles. The molecule has 2 unspecified atom stereocenters. The number of hydrogen-bond donors (Lipinski definition) is 1. The Kier molecular flexibility index (Phi) is 3.92. The Morgan fingerprint density at radius 3 is 2.81 bits per heavy atom. The zero-order valence-corrected chi connectivity index (χ0v) is 13.1. The van der Waals surface area contributed by atoms with Crippen molar-refractivity contribution in [3.05, 3.63) is 64.2 Å². The Balaban J connectivity index is 1.81. The lowest BCUT2D eigenvalue weighted by Gasteiger charge is -2.28. The topological polar surface area (TPSA) is 23.5 Å². The largest absolute Gasteiger partial charge is 0.387 e. The molecule has 2 aromatic carbocycles. The van der Waals surface area contributed by atoms with E-state index in [0.29, 0.717) is 12.6 Å². The standard InChI is InChI=1S/C18H20ClNO/c1-12-9-15(7-8-16(12)19)18(21)11-20-13(2)10-14-5-3-4-6-17(14)20/h3-9,13,18,21H,10-11H2,1-2H3. The minimum absolute atomic E-state index is 0.422. The van der Waals surface area contributed by atoms with Crippen LogP contribution in [0.15, 0.2) is 42.5 Å². The zero-order chi connectivity index (χ0) is 15.0. The number of para-hydroxylation sites is 1. The van der Waals surface area contributed by atoms with Crippen LogP contribution in [0, 0.1) is 6.92 Å². The van der Waals surface area contributed by atoms with Crippen LogP contribution in [-0.2, 0) is 6.42 Å². The minimum Gasteiger partial charge on any atom is -0.387 e. The van der Waals surface area contributed by atoms with Crippen molar-refractivity contribution in [3.63, 3.8) is 0 Å². The second-order valence-corrected chi connectivity index (χ2v) is 6.27. The number of halogens is 1. The fourth-order valence-corrected chi connectivity index (χ4v) is 3.19. The molecule has 2 nitrogen and oxygen atoms in total. The van der Waals surface area contributed by atoms with Crippen molar-refractivity contribution in [1.82, 2.24) is 0 Å². The molecule has 2 atom stereocenters. The van der Waals surface area contributed by atoms with Gasteiger partial charge < -0.3 is 10.0 Å². The number of aryl methyl sites for hydroxylation is 1. The first kappa shape index (κ1) is 14.4. The van der Waals surface area contributed by atoms with Crippen molar-refractivity contribution in [2.24, 2.45) is 0 Å². The summed E-state index contributed by atoms with van der Waals surface area (Å²) in [4.78, 5) is 2.30. The average molecular weight is 302 g/mol. The van der Waals surface area contributed by atoms with Gasteiger partial charge in [-0.2, -0.15) is 0 Å². The van der Waals surface area contributed by atoms with Crippen LogP contribution in [0.3, 0.4) is 0 Å². The quantitative estimate of drug-likeness (QED) is 0.921. The SMILES string of the molecule is Cc1cc(C(O)CN2c3ccccc3CC2C)ccc1Cl. The summed E-state index contributed by atoms with van der Waals surface area (Å²) in [6.45, 7) is 4.78. The van der Waals surface area contributed by atoms with Gasteiger partial charge in [-0.05, 0) is 49.1 Å². The average Bonchev–Trinajstić information content (AvgIpc) is 2.78. The van der Waals surface area contributed by atoms with Crippen molar-refractivity contribution in [2.45, 2.75) is 32.4 Å². The first-order chi connectivity index (χ1) is 10.1. The Labute approximate surface area is 131 Å². The maximum absolute atomic E-state index is 10.6. The smallest absolute Gasteiger partial charge is 0.0965 e. The summed E-state index contributed by atoms with van der Waals surface area (Å²) >= 11 is 6.05. The molecule has 0 saturated heterocycles. The normalized spacial score (nSPS) is 18.7. The third-order valence-electron chi connectivity index (χ3n) is 4.28. The van der Waals surface area contributed by atoms with Crippen molar-refractivity contribution >= 4 is 17.3 Å². The molecule has 0 amide bonds. The first-order valence-electron chi connectivity index (χ1n) is 7.35.